The minimum atomic E-state index is 0.662. The molecule has 0 aliphatic rings. The monoisotopic (exact) mass is 287 g/mol. The van der Waals surface area contributed by atoms with Crippen molar-refractivity contribution < 1.29 is 0 Å². The number of para-hydroxylation sites is 1. The average Bonchev–Trinajstić information content (AvgIpc) is 2.43. The Morgan fingerprint density at radius 2 is 1.89 bits per heavy atom. The highest BCUT2D eigenvalue weighted by atomic mass is 35.5. The van der Waals surface area contributed by atoms with Crippen LogP contribution in [0.4, 0.5) is 5.69 Å². The highest BCUT2D eigenvalue weighted by Gasteiger charge is 2.08. The predicted octanol–water partition coefficient (Wildman–Crippen LogP) is 4.02. The number of halogens is 1. The first-order valence-corrected chi connectivity index (χ1v) is 6.86. The van der Waals surface area contributed by atoms with Gasteiger partial charge in [0.05, 0.1) is 5.52 Å². The van der Waals surface area contributed by atoms with Gasteiger partial charge in [0, 0.05) is 21.0 Å². The summed E-state index contributed by atoms with van der Waals surface area (Å²) in [5.74, 6) is 0. The first-order chi connectivity index (χ1) is 9.24. The maximum atomic E-state index is 6.00. The van der Waals surface area contributed by atoms with Crippen LogP contribution in [0.2, 0.25) is 5.02 Å². The highest BCUT2D eigenvalue weighted by Crippen LogP contribution is 2.35. The molecule has 94 valence electrons. The van der Waals surface area contributed by atoms with Crippen molar-refractivity contribution in [1.82, 2.24) is 9.97 Å². The predicted molar refractivity (Wildman–Crippen MR) is 79.5 cm³/mol. The number of fused-ring (bicyclic) bond motifs is 1. The number of nitrogens with two attached hydrogens (primary N) is 1. The van der Waals surface area contributed by atoms with Crippen LogP contribution in [0.15, 0.2) is 58.7 Å². The largest absolute Gasteiger partial charge is 0.398 e. The zero-order valence-electron chi connectivity index (χ0n) is 9.88. The molecule has 3 nitrogen and oxygen atoms in total. The van der Waals surface area contributed by atoms with Gasteiger partial charge in [-0.05, 0) is 24.3 Å². The van der Waals surface area contributed by atoms with Gasteiger partial charge in [0.15, 0.2) is 0 Å². The van der Waals surface area contributed by atoms with Crippen molar-refractivity contribution in [2.24, 2.45) is 0 Å². The molecule has 2 aromatic carbocycles. The van der Waals surface area contributed by atoms with E-state index in [9.17, 15) is 0 Å². The number of hydrogen-bond donors (Lipinski definition) is 1. The standard InChI is InChI=1S/C14H10ClN3S/c15-9-5-6-11(16)13(7-9)19-14-10-3-1-2-4-12(10)17-8-18-14/h1-8H,16H2. The molecule has 0 radical (unpaired) electrons. The van der Waals surface area contributed by atoms with E-state index >= 15 is 0 Å². The van der Waals surface area contributed by atoms with Crippen LogP contribution in [-0.4, -0.2) is 9.97 Å². The van der Waals surface area contributed by atoms with Crippen molar-refractivity contribution in [3.63, 3.8) is 0 Å². The Kier molecular flexibility index (Phi) is 3.27. The van der Waals surface area contributed by atoms with E-state index in [1.807, 2.05) is 30.3 Å². The van der Waals surface area contributed by atoms with Crippen molar-refractivity contribution in [1.29, 1.82) is 0 Å². The van der Waals surface area contributed by atoms with Gasteiger partial charge in [-0.1, -0.05) is 41.6 Å². The maximum Gasteiger partial charge on any atom is 0.117 e. The van der Waals surface area contributed by atoms with Crippen LogP contribution < -0.4 is 5.73 Å². The molecule has 0 atom stereocenters. The van der Waals surface area contributed by atoms with Crippen LogP contribution in [-0.2, 0) is 0 Å². The zero-order valence-corrected chi connectivity index (χ0v) is 11.4. The van der Waals surface area contributed by atoms with Crippen molar-refractivity contribution in [3.05, 3.63) is 53.8 Å². The first kappa shape index (κ1) is 12.3. The topological polar surface area (TPSA) is 51.8 Å². The molecule has 0 saturated carbocycles. The lowest BCUT2D eigenvalue weighted by Gasteiger charge is -2.07. The van der Waals surface area contributed by atoms with Gasteiger partial charge in [0.25, 0.3) is 0 Å². The Bertz CT molecular complexity index is 740. The van der Waals surface area contributed by atoms with Crippen LogP contribution in [0.1, 0.15) is 0 Å². The smallest absolute Gasteiger partial charge is 0.117 e. The van der Waals surface area contributed by atoms with Gasteiger partial charge in [-0.2, -0.15) is 0 Å². The van der Waals surface area contributed by atoms with Gasteiger partial charge < -0.3 is 5.73 Å². The summed E-state index contributed by atoms with van der Waals surface area (Å²) in [7, 11) is 0. The van der Waals surface area contributed by atoms with E-state index < -0.39 is 0 Å². The Morgan fingerprint density at radius 3 is 2.79 bits per heavy atom. The minimum absolute atomic E-state index is 0.662. The molecule has 3 rings (SSSR count). The molecule has 3 aromatic rings. The van der Waals surface area contributed by atoms with Crippen molar-refractivity contribution in [2.45, 2.75) is 9.92 Å². The fraction of sp³-hybridized carbons (Fsp3) is 0. The molecule has 0 aliphatic carbocycles. The van der Waals surface area contributed by atoms with Gasteiger partial charge in [-0.25, -0.2) is 9.97 Å². The fourth-order valence-corrected chi connectivity index (χ4v) is 2.96. The second-order valence-corrected chi connectivity index (χ2v) is 5.45. The molecule has 2 N–H and O–H groups in total. The Hall–Kier alpha value is -1.78. The quantitative estimate of drug-likeness (QED) is 0.571. The number of benzene rings is 2. The summed E-state index contributed by atoms with van der Waals surface area (Å²) < 4.78 is 0. The van der Waals surface area contributed by atoms with Crippen molar-refractivity contribution in [2.75, 3.05) is 5.73 Å². The molecule has 1 heterocycles. The molecule has 0 aliphatic heterocycles. The molecule has 0 unspecified atom stereocenters. The van der Waals surface area contributed by atoms with E-state index in [0.29, 0.717) is 10.7 Å². The second-order valence-electron chi connectivity index (χ2n) is 3.98. The van der Waals surface area contributed by atoms with Crippen LogP contribution in [0.25, 0.3) is 10.9 Å². The minimum Gasteiger partial charge on any atom is -0.398 e. The van der Waals surface area contributed by atoms with Crippen molar-refractivity contribution >= 4 is 40.0 Å². The number of nitrogens with zero attached hydrogens (tertiary/aromatic N) is 2. The number of nitrogen functional groups attached to an aromatic ring is 1. The maximum absolute atomic E-state index is 6.00. The molecular weight excluding hydrogens is 278 g/mol. The average molecular weight is 288 g/mol. The first-order valence-electron chi connectivity index (χ1n) is 5.66. The Balaban J connectivity index is 2.08. The third-order valence-electron chi connectivity index (χ3n) is 2.69. The lowest BCUT2D eigenvalue weighted by atomic mass is 10.2. The van der Waals surface area contributed by atoms with E-state index in [-0.39, 0.29) is 0 Å². The lowest BCUT2D eigenvalue weighted by molar-refractivity contribution is 1.10. The number of anilines is 1. The Morgan fingerprint density at radius 1 is 1.05 bits per heavy atom. The summed E-state index contributed by atoms with van der Waals surface area (Å²) in [4.78, 5) is 9.47. The molecule has 0 bridgehead atoms. The van der Waals surface area contributed by atoms with E-state index in [2.05, 4.69) is 9.97 Å². The summed E-state index contributed by atoms with van der Waals surface area (Å²) in [5, 5.41) is 2.55. The Labute approximate surface area is 119 Å². The van der Waals surface area contributed by atoms with E-state index in [1.54, 1.807) is 18.5 Å². The fourth-order valence-electron chi connectivity index (χ4n) is 1.76. The SMILES string of the molecule is Nc1ccc(Cl)cc1Sc1ncnc2ccccc12. The normalized spacial score (nSPS) is 10.8. The molecule has 5 heteroatoms. The molecule has 0 amide bonds. The summed E-state index contributed by atoms with van der Waals surface area (Å²) in [5.41, 5.74) is 7.57. The summed E-state index contributed by atoms with van der Waals surface area (Å²) >= 11 is 7.50. The van der Waals surface area contributed by atoms with Gasteiger partial charge in [-0.3, -0.25) is 0 Å². The molecule has 0 spiro atoms. The van der Waals surface area contributed by atoms with Gasteiger partial charge in [0.2, 0.25) is 0 Å². The summed E-state index contributed by atoms with van der Waals surface area (Å²) in [6.45, 7) is 0. The summed E-state index contributed by atoms with van der Waals surface area (Å²) in [6.07, 6.45) is 1.56. The van der Waals surface area contributed by atoms with Crippen LogP contribution in [0.5, 0.6) is 0 Å². The number of aromatic nitrogens is 2. The van der Waals surface area contributed by atoms with Gasteiger partial charge in [0.1, 0.15) is 11.4 Å². The molecule has 19 heavy (non-hydrogen) atoms. The third kappa shape index (κ3) is 2.50. The molecular formula is C14H10ClN3S. The van der Waals surface area contributed by atoms with Crippen LogP contribution in [0.3, 0.4) is 0 Å². The van der Waals surface area contributed by atoms with Gasteiger partial charge >= 0.3 is 0 Å². The van der Waals surface area contributed by atoms with Crippen LogP contribution >= 0.6 is 23.4 Å². The zero-order chi connectivity index (χ0) is 13.2. The van der Waals surface area contributed by atoms with Crippen LogP contribution in [0, 0.1) is 0 Å². The van der Waals surface area contributed by atoms with E-state index in [4.69, 9.17) is 17.3 Å². The van der Waals surface area contributed by atoms with Gasteiger partial charge in [-0.15, -0.1) is 0 Å². The number of rotatable bonds is 2. The second kappa shape index (κ2) is 5.07. The lowest BCUT2D eigenvalue weighted by Crippen LogP contribution is -1.90. The summed E-state index contributed by atoms with van der Waals surface area (Å²) in [6, 6.07) is 13.3. The molecule has 0 saturated heterocycles. The van der Waals surface area contributed by atoms with E-state index in [0.717, 1.165) is 20.8 Å². The highest BCUT2D eigenvalue weighted by molar-refractivity contribution is 7.99. The van der Waals surface area contributed by atoms with E-state index in [1.165, 1.54) is 11.8 Å². The molecule has 1 aromatic heterocycles. The third-order valence-corrected chi connectivity index (χ3v) is 4.02. The number of hydrogen-bond acceptors (Lipinski definition) is 4. The van der Waals surface area contributed by atoms with Crippen molar-refractivity contribution in [3.8, 4) is 0 Å². The molecule has 0 fully saturated rings.